The summed E-state index contributed by atoms with van der Waals surface area (Å²) in [5, 5.41) is 61.9. The molecule has 2 aromatic carbocycles. The van der Waals surface area contributed by atoms with E-state index in [1.165, 1.54) is 0 Å². The highest BCUT2D eigenvalue weighted by Gasteiger charge is 2.41. The number of piperidine rings is 1. The summed E-state index contributed by atoms with van der Waals surface area (Å²) in [6.45, 7) is 6.93. The number of carboxylic acids is 3. The number of hydrogen-bond donors (Lipinski definition) is 6. The lowest BCUT2D eigenvalue weighted by atomic mass is 9.77. The first-order valence-corrected chi connectivity index (χ1v) is 17.0. The van der Waals surface area contributed by atoms with Crippen LogP contribution in [0.1, 0.15) is 82.1 Å². The molecule has 6 N–H and O–H groups in total. The molecule has 0 spiro atoms. The predicted molar refractivity (Wildman–Crippen MR) is 184 cm³/mol. The molecular weight excluding hydrogens is 677 g/mol. The summed E-state index contributed by atoms with van der Waals surface area (Å²) in [5.74, 6) is -4.85. The summed E-state index contributed by atoms with van der Waals surface area (Å²) in [7, 11) is 0. The number of aliphatic carboxylic acids is 3. The van der Waals surface area contributed by atoms with E-state index in [0.29, 0.717) is 16.0 Å². The van der Waals surface area contributed by atoms with E-state index in [-0.39, 0.29) is 5.92 Å². The molecule has 3 aromatic rings. The van der Waals surface area contributed by atoms with Gasteiger partial charge in [0.05, 0.1) is 39.9 Å². The zero-order valence-corrected chi connectivity index (χ0v) is 29.1. The van der Waals surface area contributed by atoms with Crippen LogP contribution >= 0.6 is 23.2 Å². The number of aromatic nitrogens is 2. The van der Waals surface area contributed by atoms with E-state index in [1.54, 1.807) is 16.9 Å². The van der Waals surface area contributed by atoms with Crippen molar-refractivity contribution in [1.29, 1.82) is 0 Å². The van der Waals surface area contributed by atoms with Crippen LogP contribution in [-0.2, 0) is 14.4 Å². The van der Waals surface area contributed by atoms with Gasteiger partial charge in [-0.3, -0.25) is 9.59 Å². The van der Waals surface area contributed by atoms with Crippen molar-refractivity contribution in [3.8, 4) is 5.69 Å². The lowest BCUT2D eigenvalue weighted by molar-refractivity contribution is -0.170. The zero-order chi connectivity index (χ0) is 36.4. The summed E-state index contributed by atoms with van der Waals surface area (Å²) >= 11 is 12.6. The molecule has 2 unspecified atom stereocenters. The van der Waals surface area contributed by atoms with Gasteiger partial charge in [-0.2, -0.15) is 5.10 Å². The van der Waals surface area contributed by atoms with Gasteiger partial charge in [0, 0.05) is 12.1 Å². The molecule has 268 valence electrons. The van der Waals surface area contributed by atoms with Crippen LogP contribution in [0.4, 0.5) is 0 Å². The molecule has 1 aliphatic heterocycles. The van der Waals surface area contributed by atoms with Gasteiger partial charge in [0.25, 0.3) is 0 Å². The highest BCUT2D eigenvalue weighted by molar-refractivity contribution is 6.42. The van der Waals surface area contributed by atoms with Gasteiger partial charge in [0.1, 0.15) is 6.10 Å². The Morgan fingerprint density at radius 2 is 1.49 bits per heavy atom. The molecule has 1 saturated heterocycles. The van der Waals surface area contributed by atoms with Crippen molar-refractivity contribution in [2.45, 2.75) is 82.0 Å². The van der Waals surface area contributed by atoms with Crippen LogP contribution in [0, 0.1) is 5.92 Å². The zero-order valence-electron chi connectivity index (χ0n) is 27.6. The Labute approximate surface area is 295 Å². The molecule has 0 saturated carbocycles. The summed E-state index contributed by atoms with van der Waals surface area (Å²) in [4.78, 5) is 32.9. The fraction of sp³-hybridized carbons (Fsp3) is 0.486. The second kappa shape index (κ2) is 17.9. The average Bonchev–Trinajstić information content (AvgIpc) is 3.56. The fourth-order valence-electron chi connectivity index (χ4n) is 6.34. The monoisotopic (exact) mass is 721 g/mol. The van der Waals surface area contributed by atoms with E-state index in [2.05, 4.69) is 23.8 Å². The number of aliphatic hydroxyl groups is 3. The molecular formula is C35H45Cl2N3O9. The molecule has 0 radical (unpaired) electrons. The second-order valence-electron chi connectivity index (χ2n) is 12.4. The van der Waals surface area contributed by atoms with Crippen molar-refractivity contribution in [3.63, 3.8) is 0 Å². The van der Waals surface area contributed by atoms with Crippen molar-refractivity contribution in [3.05, 3.63) is 82.1 Å². The van der Waals surface area contributed by atoms with Gasteiger partial charge in [-0.05, 0) is 93.6 Å². The average molecular weight is 723 g/mol. The maximum Gasteiger partial charge on any atom is 0.336 e. The Morgan fingerprint density at radius 1 is 0.898 bits per heavy atom. The summed E-state index contributed by atoms with van der Waals surface area (Å²) in [6.07, 6.45) is 3.03. The van der Waals surface area contributed by atoms with Crippen LogP contribution in [0.25, 0.3) is 5.69 Å². The Kier molecular flexibility index (Phi) is 14.6. The van der Waals surface area contributed by atoms with E-state index >= 15 is 0 Å². The van der Waals surface area contributed by atoms with Gasteiger partial charge in [-0.25, -0.2) is 9.48 Å². The molecule has 2 heterocycles. The molecule has 14 heteroatoms. The molecule has 2 atom stereocenters. The normalized spacial score (nSPS) is 15.6. The first-order chi connectivity index (χ1) is 23.1. The second-order valence-corrected chi connectivity index (χ2v) is 13.2. The third-order valence-electron chi connectivity index (χ3n) is 9.34. The predicted octanol–water partition coefficient (Wildman–Crippen LogP) is 5.40. The Hall–Kier alpha value is -3.52. The summed E-state index contributed by atoms with van der Waals surface area (Å²) < 4.78 is 1.80. The van der Waals surface area contributed by atoms with E-state index in [9.17, 15) is 24.6 Å². The number of halogens is 2. The smallest absolute Gasteiger partial charge is 0.336 e. The number of likely N-dealkylation sites (tertiary alicyclic amines) is 1. The van der Waals surface area contributed by atoms with Gasteiger partial charge in [-0.15, -0.1) is 0 Å². The number of carboxylic acid groups (broad SMARTS) is 3. The van der Waals surface area contributed by atoms with Crippen molar-refractivity contribution < 1.29 is 45.0 Å². The number of aliphatic hydroxyl groups excluding tert-OH is 1. The van der Waals surface area contributed by atoms with Crippen molar-refractivity contribution >= 4 is 41.1 Å². The van der Waals surface area contributed by atoms with Crippen molar-refractivity contribution in [2.24, 2.45) is 5.92 Å². The molecule has 1 fully saturated rings. The molecule has 12 nitrogen and oxygen atoms in total. The Balaban J connectivity index is 0.000000425. The van der Waals surface area contributed by atoms with Gasteiger partial charge in [0.15, 0.2) is 5.60 Å². The number of carbonyl (C=O) groups is 3. The van der Waals surface area contributed by atoms with E-state index in [1.807, 2.05) is 48.5 Å². The third-order valence-corrected chi connectivity index (χ3v) is 10.1. The van der Waals surface area contributed by atoms with Crippen LogP contribution in [0.5, 0.6) is 0 Å². The van der Waals surface area contributed by atoms with Crippen LogP contribution in [0.3, 0.4) is 0 Å². The minimum atomic E-state index is -2.74. The summed E-state index contributed by atoms with van der Waals surface area (Å²) in [6, 6.07) is 17.4. The minimum Gasteiger partial charge on any atom is -0.481 e. The van der Waals surface area contributed by atoms with Gasteiger partial charge < -0.3 is 35.5 Å². The van der Waals surface area contributed by atoms with Crippen LogP contribution < -0.4 is 0 Å². The number of nitrogens with zero attached hydrogens (tertiary/aromatic N) is 3. The Morgan fingerprint density at radius 3 is 2.00 bits per heavy atom. The number of hydrogen-bond acceptors (Lipinski definition) is 8. The standard InChI is InChI=1S/C29H37Cl2N3O2.C6H8O7/c1-3-29(36,4-2)22-13-17-33(18-14-22)19-15-24(21-10-11-25(30)26(31)20-21)28(35)27-12-16-32-34(27)23-8-6-5-7-9-23;7-3(8)1-6(13,5(11)12)2-4(9)10/h5-12,16,20,22,24,28,35-36H,3-4,13-15,17-19H2,1-2H3;13H,1-2H2,(H,7,8)(H,9,10)(H,11,12). The lowest BCUT2D eigenvalue weighted by Gasteiger charge is -2.41. The molecule has 0 bridgehead atoms. The maximum absolute atomic E-state index is 11.7. The quantitative estimate of drug-likeness (QED) is 0.118. The van der Waals surface area contributed by atoms with Crippen LogP contribution in [-0.4, -0.2) is 94.1 Å². The fourth-order valence-corrected chi connectivity index (χ4v) is 6.64. The summed E-state index contributed by atoms with van der Waals surface area (Å²) in [5.41, 5.74) is -0.685. The number of para-hydroxylation sites is 1. The van der Waals surface area contributed by atoms with Crippen LogP contribution in [0.2, 0.25) is 10.0 Å². The first kappa shape index (κ1) is 39.9. The third kappa shape index (κ3) is 10.7. The van der Waals surface area contributed by atoms with Gasteiger partial charge in [0.2, 0.25) is 0 Å². The van der Waals surface area contributed by atoms with Gasteiger partial charge in [-0.1, -0.05) is 61.3 Å². The largest absolute Gasteiger partial charge is 0.481 e. The molecule has 49 heavy (non-hydrogen) atoms. The molecule has 1 aliphatic rings. The van der Waals surface area contributed by atoms with Gasteiger partial charge >= 0.3 is 17.9 Å². The van der Waals surface area contributed by atoms with E-state index in [4.69, 9.17) is 43.6 Å². The SMILES string of the molecule is CCC(O)(CC)C1CCN(CCC(c2ccc(Cl)c(Cl)c2)C(O)c2ccnn2-c2ccccc2)CC1.O=C(O)CC(O)(CC(=O)O)C(=O)O. The highest BCUT2D eigenvalue weighted by atomic mass is 35.5. The number of benzene rings is 2. The van der Waals surface area contributed by atoms with E-state index < -0.39 is 48.1 Å². The Bertz CT molecular complexity index is 1520. The van der Waals surface area contributed by atoms with Crippen molar-refractivity contribution in [2.75, 3.05) is 19.6 Å². The molecule has 0 amide bonds. The van der Waals surface area contributed by atoms with Crippen molar-refractivity contribution in [1.82, 2.24) is 14.7 Å². The van der Waals surface area contributed by atoms with Crippen LogP contribution in [0.15, 0.2) is 60.8 Å². The number of rotatable bonds is 15. The lowest BCUT2D eigenvalue weighted by Crippen LogP contribution is -2.45. The van der Waals surface area contributed by atoms with E-state index in [0.717, 1.165) is 68.7 Å². The molecule has 0 aliphatic carbocycles. The minimum absolute atomic E-state index is 0.181. The maximum atomic E-state index is 11.7. The highest BCUT2D eigenvalue weighted by Crippen LogP contribution is 2.38. The topological polar surface area (TPSA) is 194 Å². The molecule has 1 aromatic heterocycles. The first-order valence-electron chi connectivity index (χ1n) is 16.2. The molecule has 4 rings (SSSR count).